The van der Waals surface area contributed by atoms with E-state index in [-0.39, 0.29) is 41.7 Å². The first-order valence-electron chi connectivity index (χ1n) is 9.07. The van der Waals surface area contributed by atoms with Crippen LogP contribution in [0.15, 0.2) is 39.6 Å². The number of nitrogens with one attached hydrogen (secondary N) is 1. The molecule has 162 valence electrons. The molecule has 30 heavy (non-hydrogen) atoms. The minimum atomic E-state index is -3.80. The molecule has 1 aromatic carbocycles. The Morgan fingerprint density at radius 1 is 1.17 bits per heavy atom. The van der Waals surface area contributed by atoms with Crippen molar-refractivity contribution in [1.29, 1.82) is 0 Å². The summed E-state index contributed by atoms with van der Waals surface area (Å²) in [7, 11) is -0.984. The Balaban J connectivity index is 1.90. The summed E-state index contributed by atoms with van der Waals surface area (Å²) in [5.74, 6) is -0.192. The lowest BCUT2D eigenvalue weighted by Gasteiger charge is -2.16. The highest BCUT2D eigenvalue weighted by Gasteiger charge is 2.19. The number of methoxy groups -OCH3 is 1. The van der Waals surface area contributed by atoms with E-state index in [1.54, 1.807) is 14.0 Å². The van der Waals surface area contributed by atoms with Gasteiger partial charge in [0.15, 0.2) is 5.78 Å². The van der Waals surface area contributed by atoms with Gasteiger partial charge in [-0.3, -0.25) is 9.59 Å². The number of ether oxygens (including phenoxy) is 1. The molecule has 1 heterocycles. The Labute approximate surface area is 175 Å². The van der Waals surface area contributed by atoms with Gasteiger partial charge in [-0.15, -0.1) is 0 Å². The van der Waals surface area contributed by atoms with Gasteiger partial charge in [-0.05, 0) is 32.0 Å². The maximum Gasteiger partial charge on any atom is 0.341 e. The molecule has 0 saturated heterocycles. The third-order valence-corrected chi connectivity index (χ3v) is 5.87. The number of esters is 1. The Bertz CT molecular complexity index is 1040. The molecule has 0 aliphatic heterocycles. The van der Waals surface area contributed by atoms with Gasteiger partial charge in [0.05, 0.1) is 18.6 Å². The molecule has 0 spiro atoms. The van der Waals surface area contributed by atoms with Gasteiger partial charge in [-0.1, -0.05) is 12.1 Å². The van der Waals surface area contributed by atoms with Crippen LogP contribution in [0.5, 0.6) is 0 Å². The second-order valence-electron chi connectivity index (χ2n) is 6.65. The summed E-state index contributed by atoms with van der Waals surface area (Å²) in [6.07, 6.45) is -0.0647. The first-order chi connectivity index (χ1) is 14.0. The minimum absolute atomic E-state index is 0.00899. The number of carbonyl (C=O) groups excluding carboxylic acids is 3. The van der Waals surface area contributed by atoms with Crippen molar-refractivity contribution >= 4 is 27.7 Å². The van der Waals surface area contributed by atoms with E-state index in [9.17, 15) is 22.8 Å². The van der Waals surface area contributed by atoms with Gasteiger partial charge in [-0.25, -0.2) is 17.9 Å². The topological polar surface area (TPSA) is 123 Å². The Hall–Kier alpha value is -2.98. The van der Waals surface area contributed by atoms with E-state index in [1.807, 2.05) is 0 Å². The number of aryl methyl sites for hydroxylation is 1. The van der Waals surface area contributed by atoms with Gasteiger partial charge >= 0.3 is 5.97 Å². The summed E-state index contributed by atoms with van der Waals surface area (Å²) in [6, 6.07) is 7.06. The van der Waals surface area contributed by atoms with Crippen LogP contribution < -0.4 is 4.72 Å². The molecule has 0 unspecified atom stereocenters. The molecule has 1 aromatic heterocycles. The Morgan fingerprint density at radius 3 is 2.37 bits per heavy atom. The molecule has 2 rings (SSSR count). The van der Waals surface area contributed by atoms with Crippen molar-refractivity contribution < 1.29 is 32.0 Å². The number of rotatable bonds is 9. The van der Waals surface area contributed by atoms with E-state index in [2.05, 4.69) is 9.46 Å². The zero-order valence-electron chi connectivity index (χ0n) is 17.2. The van der Waals surface area contributed by atoms with E-state index in [1.165, 1.54) is 49.3 Å². The molecule has 0 saturated carbocycles. The standard InChI is InChI=1S/C20H24N2O7S/c1-13(23)15-5-7-17(8-6-15)30(26,27)21-10-9-19(24)22(3)12-16-11-18(14(2)29-16)20(25)28-4/h5-8,11,21H,9-10,12H2,1-4H3. The van der Waals surface area contributed by atoms with Crippen molar-refractivity contribution in [2.24, 2.45) is 0 Å². The number of hydrogen-bond donors (Lipinski definition) is 1. The van der Waals surface area contributed by atoms with Crippen molar-refractivity contribution in [3.05, 3.63) is 53.0 Å². The van der Waals surface area contributed by atoms with Crippen LogP contribution in [0.3, 0.4) is 0 Å². The summed E-state index contributed by atoms with van der Waals surface area (Å²) in [6.45, 7) is 3.04. The first-order valence-corrected chi connectivity index (χ1v) is 10.6. The molecule has 1 amide bonds. The average molecular weight is 436 g/mol. The van der Waals surface area contributed by atoms with Crippen LogP contribution in [0.4, 0.5) is 0 Å². The van der Waals surface area contributed by atoms with Gasteiger partial charge < -0.3 is 14.1 Å². The lowest BCUT2D eigenvalue weighted by atomic mass is 10.2. The highest BCUT2D eigenvalue weighted by molar-refractivity contribution is 7.89. The number of hydrogen-bond acceptors (Lipinski definition) is 7. The monoisotopic (exact) mass is 436 g/mol. The fourth-order valence-corrected chi connectivity index (χ4v) is 3.72. The zero-order valence-corrected chi connectivity index (χ0v) is 18.0. The van der Waals surface area contributed by atoms with Crippen LogP contribution >= 0.6 is 0 Å². The first kappa shape index (κ1) is 23.3. The second kappa shape index (κ2) is 9.68. The fraction of sp³-hybridized carbons (Fsp3) is 0.350. The highest BCUT2D eigenvalue weighted by atomic mass is 32.2. The lowest BCUT2D eigenvalue weighted by Crippen LogP contribution is -2.31. The van der Waals surface area contributed by atoms with Gasteiger partial charge in [0.2, 0.25) is 15.9 Å². The van der Waals surface area contributed by atoms with E-state index >= 15 is 0 Å². The number of amides is 1. The number of Topliss-reactive ketones (excluding diaryl/α,β-unsaturated/α-hetero) is 1. The van der Waals surface area contributed by atoms with Gasteiger partial charge in [0.25, 0.3) is 0 Å². The summed E-state index contributed by atoms with van der Waals surface area (Å²) in [5.41, 5.74) is 0.700. The van der Waals surface area contributed by atoms with Crippen LogP contribution in [0, 0.1) is 6.92 Å². The molecular weight excluding hydrogens is 412 g/mol. The summed E-state index contributed by atoms with van der Waals surface area (Å²) in [4.78, 5) is 36.6. The van der Waals surface area contributed by atoms with Crippen LogP contribution in [0.25, 0.3) is 0 Å². The van der Waals surface area contributed by atoms with Crippen molar-refractivity contribution in [2.45, 2.75) is 31.7 Å². The van der Waals surface area contributed by atoms with E-state index in [0.717, 1.165) is 0 Å². The molecule has 10 heteroatoms. The van der Waals surface area contributed by atoms with Gasteiger partial charge in [0.1, 0.15) is 17.1 Å². The Morgan fingerprint density at radius 2 is 1.80 bits per heavy atom. The molecule has 0 aliphatic rings. The summed E-state index contributed by atoms with van der Waals surface area (Å²) < 4.78 is 37.1. The average Bonchev–Trinajstić information content (AvgIpc) is 3.07. The maximum absolute atomic E-state index is 12.3. The second-order valence-corrected chi connectivity index (χ2v) is 8.42. The largest absolute Gasteiger partial charge is 0.465 e. The SMILES string of the molecule is COC(=O)c1cc(CN(C)C(=O)CCNS(=O)(=O)c2ccc(C(C)=O)cc2)oc1C. The Kier molecular flexibility index (Phi) is 7.52. The third-order valence-electron chi connectivity index (χ3n) is 4.39. The van der Waals surface area contributed by atoms with Crippen molar-refractivity contribution in [3.63, 3.8) is 0 Å². The number of ketones is 1. The number of benzene rings is 1. The predicted octanol–water partition coefficient (Wildman–Crippen LogP) is 1.90. The minimum Gasteiger partial charge on any atom is -0.465 e. The van der Waals surface area contributed by atoms with Gasteiger partial charge in [-0.2, -0.15) is 0 Å². The van der Waals surface area contributed by atoms with Crippen LogP contribution in [-0.4, -0.2) is 51.7 Å². The van der Waals surface area contributed by atoms with E-state index in [0.29, 0.717) is 17.1 Å². The van der Waals surface area contributed by atoms with Crippen molar-refractivity contribution in [1.82, 2.24) is 9.62 Å². The smallest absolute Gasteiger partial charge is 0.341 e. The molecule has 0 radical (unpaired) electrons. The fourth-order valence-electron chi connectivity index (χ4n) is 2.69. The van der Waals surface area contributed by atoms with Crippen molar-refractivity contribution in [2.75, 3.05) is 20.7 Å². The maximum atomic E-state index is 12.3. The highest BCUT2D eigenvalue weighted by Crippen LogP contribution is 2.17. The summed E-state index contributed by atoms with van der Waals surface area (Å²) >= 11 is 0. The molecule has 0 fully saturated rings. The number of sulfonamides is 1. The molecule has 0 aliphatic carbocycles. The van der Waals surface area contributed by atoms with E-state index in [4.69, 9.17) is 4.42 Å². The molecule has 1 N–H and O–H groups in total. The molecule has 2 aromatic rings. The van der Waals surface area contributed by atoms with Crippen LogP contribution in [-0.2, 0) is 26.1 Å². The number of nitrogens with zero attached hydrogens (tertiary/aromatic N) is 1. The predicted molar refractivity (Wildman–Crippen MR) is 108 cm³/mol. The quantitative estimate of drug-likeness (QED) is 0.470. The molecule has 9 nitrogen and oxygen atoms in total. The lowest BCUT2D eigenvalue weighted by molar-refractivity contribution is -0.130. The number of carbonyl (C=O) groups is 3. The van der Waals surface area contributed by atoms with Crippen LogP contribution in [0.1, 0.15) is 45.6 Å². The molecule has 0 bridgehead atoms. The molecule has 0 atom stereocenters. The number of furan rings is 1. The van der Waals surface area contributed by atoms with Gasteiger partial charge in [0, 0.05) is 25.6 Å². The van der Waals surface area contributed by atoms with E-state index < -0.39 is 16.0 Å². The third kappa shape index (κ3) is 5.77. The normalized spacial score (nSPS) is 11.2. The zero-order chi connectivity index (χ0) is 22.5. The van der Waals surface area contributed by atoms with Crippen molar-refractivity contribution in [3.8, 4) is 0 Å². The van der Waals surface area contributed by atoms with Crippen LogP contribution in [0.2, 0.25) is 0 Å². The molecular formula is C20H24N2O7S. The summed E-state index contributed by atoms with van der Waals surface area (Å²) in [5, 5.41) is 0.